The number of nitrogens with one attached hydrogen (secondary N) is 2. The minimum atomic E-state index is -0.198. The Hall–Kier alpha value is -3.78. The van der Waals surface area contributed by atoms with Crippen LogP contribution in [0.25, 0.3) is 21.9 Å². The monoisotopic (exact) mass is 484 g/mol. The van der Waals surface area contributed by atoms with Crippen LogP contribution in [0.5, 0.6) is 0 Å². The van der Waals surface area contributed by atoms with Crippen molar-refractivity contribution in [1.29, 1.82) is 0 Å². The highest BCUT2D eigenvalue weighted by Crippen LogP contribution is 2.32. The summed E-state index contributed by atoms with van der Waals surface area (Å²) < 4.78 is 0. The lowest BCUT2D eigenvalue weighted by Gasteiger charge is -2.32. The Morgan fingerprint density at radius 2 is 1.92 bits per heavy atom. The number of nitrogens with two attached hydrogens (primary N) is 1. The maximum atomic E-state index is 12.8. The highest BCUT2D eigenvalue weighted by Gasteiger charge is 2.28. The van der Waals surface area contributed by atoms with Crippen molar-refractivity contribution in [2.45, 2.75) is 32.6 Å². The molecule has 8 nitrogen and oxygen atoms in total. The lowest BCUT2D eigenvalue weighted by Crippen LogP contribution is -2.48. The fraction of sp³-hybridized carbons (Fsp3) is 0.357. The number of carbonyl (C=O) groups is 2. The van der Waals surface area contributed by atoms with Crippen molar-refractivity contribution in [2.75, 3.05) is 37.2 Å². The van der Waals surface area contributed by atoms with E-state index in [1.54, 1.807) is 18.5 Å². The first-order valence-corrected chi connectivity index (χ1v) is 12.6. The van der Waals surface area contributed by atoms with E-state index < -0.39 is 0 Å². The quantitative estimate of drug-likeness (QED) is 0.385. The maximum absolute atomic E-state index is 12.8. The maximum Gasteiger partial charge on any atom is 0.249 e. The average molecular weight is 485 g/mol. The van der Waals surface area contributed by atoms with E-state index in [2.05, 4.69) is 20.6 Å². The number of hydrogen-bond donors (Lipinski definition) is 3. The number of hydrogen-bond acceptors (Lipinski definition) is 6. The number of anilines is 2. The molecule has 36 heavy (non-hydrogen) atoms. The number of aryl methyl sites for hydroxylation is 1. The molecular weight excluding hydrogens is 452 g/mol. The zero-order valence-corrected chi connectivity index (χ0v) is 20.6. The minimum Gasteiger partial charge on any atom is -0.398 e. The third-order valence-corrected chi connectivity index (χ3v) is 7.21. The third-order valence-electron chi connectivity index (χ3n) is 7.21. The molecule has 2 amide bonds. The van der Waals surface area contributed by atoms with Gasteiger partial charge >= 0.3 is 0 Å². The summed E-state index contributed by atoms with van der Waals surface area (Å²) in [5, 5.41) is 7.92. The third kappa shape index (κ3) is 5.23. The lowest BCUT2D eigenvalue weighted by atomic mass is 9.84. The molecule has 1 saturated heterocycles. The Morgan fingerprint density at radius 3 is 2.67 bits per heavy atom. The van der Waals surface area contributed by atoms with Gasteiger partial charge in [-0.25, -0.2) is 4.98 Å². The van der Waals surface area contributed by atoms with E-state index in [0.29, 0.717) is 11.5 Å². The van der Waals surface area contributed by atoms with E-state index in [1.165, 1.54) is 0 Å². The van der Waals surface area contributed by atoms with Crippen LogP contribution in [0.15, 0.2) is 54.5 Å². The average Bonchev–Trinajstić information content (AvgIpc) is 2.89. The molecule has 1 aliphatic carbocycles. The number of piperazine rings is 1. The summed E-state index contributed by atoms with van der Waals surface area (Å²) in [5.41, 5.74) is 11.1. The number of benzene rings is 1. The van der Waals surface area contributed by atoms with Crippen molar-refractivity contribution in [3.05, 3.63) is 60.1 Å². The summed E-state index contributed by atoms with van der Waals surface area (Å²) in [6, 6.07) is 7.79. The van der Waals surface area contributed by atoms with E-state index in [-0.39, 0.29) is 17.7 Å². The van der Waals surface area contributed by atoms with E-state index in [1.807, 2.05) is 42.3 Å². The number of pyridine rings is 2. The van der Waals surface area contributed by atoms with Crippen molar-refractivity contribution >= 4 is 34.1 Å². The van der Waals surface area contributed by atoms with E-state index in [4.69, 9.17) is 5.73 Å². The molecule has 2 fully saturated rings. The predicted molar refractivity (Wildman–Crippen MR) is 142 cm³/mol. The molecule has 3 aromatic rings. The van der Waals surface area contributed by atoms with Gasteiger partial charge in [0, 0.05) is 73.4 Å². The van der Waals surface area contributed by atoms with Crippen LogP contribution in [0.4, 0.5) is 11.5 Å². The van der Waals surface area contributed by atoms with Crippen molar-refractivity contribution < 1.29 is 9.59 Å². The summed E-state index contributed by atoms with van der Waals surface area (Å²) in [6.45, 7) is 5.34. The van der Waals surface area contributed by atoms with Crippen LogP contribution in [-0.4, -0.2) is 52.9 Å². The van der Waals surface area contributed by atoms with E-state index in [0.717, 1.165) is 84.9 Å². The topological polar surface area (TPSA) is 113 Å². The van der Waals surface area contributed by atoms with Crippen molar-refractivity contribution in [3.63, 3.8) is 0 Å². The molecule has 186 valence electrons. The molecule has 1 aliphatic heterocycles. The Kier molecular flexibility index (Phi) is 6.95. The summed E-state index contributed by atoms with van der Waals surface area (Å²) in [6.07, 6.45) is 10.1. The number of carbonyl (C=O) groups excluding carboxylic acids is 2. The molecule has 4 N–H and O–H groups in total. The molecule has 2 aliphatic rings. The molecule has 0 atom stereocenters. The highest BCUT2D eigenvalue weighted by molar-refractivity contribution is 6.02. The number of amides is 2. The second kappa shape index (κ2) is 10.5. The van der Waals surface area contributed by atoms with E-state index >= 15 is 0 Å². The van der Waals surface area contributed by atoms with Gasteiger partial charge in [-0.3, -0.25) is 14.6 Å². The minimum absolute atomic E-state index is 0.0635. The van der Waals surface area contributed by atoms with Crippen LogP contribution < -0.4 is 16.4 Å². The van der Waals surface area contributed by atoms with E-state index in [9.17, 15) is 9.59 Å². The van der Waals surface area contributed by atoms with Crippen LogP contribution in [0.3, 0.4) is 0 Å². The number of nitrogen functional groups attached to an aromatic ring is 1. The number of allylic oxidation sites excluding steroid dienone is 1. The molecule has 0 unspecified atom stereocenters. The van der Waals surface area contributed by atoms with Crippen molar-refractivity contribution in [3.8, 4) is 11.1 Å². The standard InChI is InChI=1S/C28H32N6O2/c1-18-6-7-31-16-23(18)21-13-22-15-26(32-17-24(22)25(29)14-21)33-27(35)12-19-2-4-20(5-3-19)28(36)34-10-8-30-9-11-34/h6-7,12-17,20,30H,2-5,8-11,29H2,1H3,(H,32,33,35). The zero-order valence-electron chi connectivity index (χ0n) is 20.6. The first-order valence-electron chi connectivity index (χ1n) is 12.6. The molecule has 3 heterocycles. The molecule has 0 spiro atoms. The summed E-state index contributed by atoms with van der Waals surface area (Å²) >= 11 is 0. The van der Waals surface area contributed by atoms with Crippen LogP contribution in [-0.2, 0) is 9.59 Å². The normalized spacial score (nSPS) is 18.2. The summed E-state index contributed by atoms with van der Waals surface area (Å²) in [4.78, 5) is 36.1. The van der Waals surface area contributed by atoms with Gasteiger partial charge in [-0.05, 0) is 73.4 Å². The second-order valence-electron chi connectivity index (χ2n) is 9.69. The van der Waals surface area contributed by atoms with Crippen LogP contribution in [0, 0.1) is 12.8 Å². The number of nitrogens with zero attached hydrogens (tertiary/aromatic N) is 3. The highest BCUT2D eigenvalue weighted by atomic mass is 16.2. The predicted octanol–water partition coefficient (Wildman–Crippen LogP) is 3.67. The SMILES string of the molecule is Cc1ccncc1-c1cc(N)c2cnc(NC(=O)C=C3CCC(C(=O)N4CCNCC4)CC3)cc2c1. The Morgan fingerprint density at radius 1 is 1.14 bits per heavy atom. The fourth-order valence-corrected chi connectivity index (χ4v) is 5.15. The molecule has 8 heteroatoms. The number of aromatic nitrogens is 2. The zero-order chi connectivity index (χ0) is 25.1. The second-order valence-corrected chi connectivity index (χ2v) is 9.69. The molecule has 5 rings (SSSR count). The number of fused-ring (bicyclic) bond motifs is 1. The summed E-state index contributed by atoms with van der Waals surface area (Å²) in [7, 11) is 0. The van der Waals surface area contributed by atoms with Crippen molar-refractivity contribution in [1.82, 2.24) is 20.2 Å². The van der Waals surface area contributed by atoms with Gasteiger partial charge in [-0.2, -0.15) is 0 Å². The van der Waals surface area contributed by atoms with Crippen LogP contribution in [0.1, 0.15) is 31.2 Å². The Labute approximate surface area is 211 Å². The Balaban J connectivity index is 1.25. The van der Waals surface area contributed by atoms with Crippen LogP contribution >= 0.6 is 0 Å². The lowest BCUT2D eigenvalue weighted by molar-refractivity contribution is -0.136. The van der Waals surface area contributed by atoms with Gasteiger partial charge in [0.2, 0.25) is 11.8 Å². The first-order chi connectivity index (χ1) is 17.5. The Bertz CT molecular complexity index is 1320. The molecular formula is C28H32N6O2. The molecule has 1 aromatic carbocycles. The summed E-state index contributed by atoms with van der Waals surface area (Å²) in [5.74, 6) is 0.608. The molecule has 2 aromatic heterocycles. The molecule has 0 bridgehead atoms. The van der Waals surface area contributed by atoms with Gasteiger partial charge in [0.15, 0.2) is 0 Å². The fourth-order valence-electron chi connectivity index (χ4n) is 5.15. The van der Waals surface area contributed by atoms with Gasteiger partial charge in [-0.15, -0.1) is 0 Å². The van der Waals surface area contributed by atoms with Gasteiger partial charge in [-0.1, -0.05) is 5.57 Å². The first kappa shape index (κ1) is 23.9. The van der Waals surface area contributed by atoms with Crippen LogP contribution in [0.2, 0.25) is 0 Å². The van der Waals surface area contributed by atoms with Gasteiger partial charge in [0.05, 0.1) is 0 Å². The smallest absolute Gasteiger partial charge is 0.249 e. The number of rotatable bonds is 4. The van der Waals surface area contributed by atoms with Crippen molar-refractivity contribution in [2.24, 2.45) is 5.92 Å². The molecule has 0 radical (unpaired) electrons. The van der Waals surface area contributed by atoms with Gasteiger partial charge < -0.3 is 21.3 Å². The van der Waals surface area contributed by atoms with Gasteiger partial charge in [0.1, 0.15) is 5.82 Å². The molecule has 1 saturated carbocycles. The van der Waals surface area contributed by atoms with Gasteiger partial charge in [0.25, 0.3) is 0 Å². The largest absolute Gasteiger partial charge is 0.398 e.